The Bertz CT molecular complexity index is 1420. The number of nitrogen functional groups attached to an aromatic ring is 1. The van der Waals surface area contributed by atoms with Crippen molar-refractivity contribution in [3.63, 3.8) is 0 Å². The topological polar surface area (TPSA) is 139 Å². The standard InChI is InChI=1S/C23H18ClFN4O2S.C2H5NO.CH4O/c24-17-10-14(11-18-20(17)29-23(26)32-18)22(30)27-7-5-16-9-13-6-8-31-21(13)19(28-16)12-1-3-15(25)4-2-12;1-3-2-4;1-2/h1-4,9-11H,5-8H2,(H2,26,29)(H,27,30);2H,1H3,(H,3,4);2H,1H3. The molecule has 0 radical (unpaired) electrons. The first-order valence-electron chi connectivity index (χ1n) is 11.5. The van der Waals surface area contributed by atoms with Crippen molar-refractivity contribution < 1.29 is 23.8 Å². The van der Waals surface area contributed by atoms with Gasteiger partial charge in [0.1, 0.15) is 22.8 Å². The van der Waals surface area contributed by atoms with Gasteiger partial charge in [0.05, 0.1) is 16.3 Å². The van der Waals surface area contributed by atoms with E-state index in [1.54, 1.807) is 31.3 Å². The molecule has 2 aromatic heterocycles. The molecular weight excluding hydrogens is 533 g/mol. The van der Waals surface area contributed by atoms with Crippen LogP contribution in [0.2, 0.25) is 5.02 Å². The number of carbonyl (C=O) groups excluding carboxylic acids is 2. The number of aromatic nitrogens is 2. The number of carbonyl (C=O) groups is 2. The number of benzene rings is 2. The Morgan fingerprint density at radius 1 is 1.24 bits per heavy atom. The van der Waals surface area contributed by atoms with Crippen LogP contribution in [0.5, 0.6) is 5.75 Å². The minimum absolute atomic E-state index is 0.232. The van der Waals surface area contributed by atoms with Gasteiger partial charge in [-0.25, -0.2) is 14.4 Å². The van der Waals surface area contributed by atoms with E-state index in [0.717, 1.165) is 40.8 Å². The number of aliphatic hydroxyl groups is 1. The second kappa shape index (κ2) is 13.7. The van der Waals surface area contributed by atoms with E-state index in [1.165, 1.54) is 23.5 Å². The monoisotopic (exact) mass is 559 g/mol. The molecular formula is C26H27ClFN5O4S. The van der Waals surface area contributed by atoms with Crippen LogP contribution in [-0.2, 0) is 17.6 Å². The van der Waals surface area contributed by atoms with E-state index in [4.69, 9.17) is 37.0 Å². The lowest BCUT2D eigenvalue weighted by Crippen LogP contribution is -2.26. The number of nitrogens with one attached hydrogen (secondary N) is 2. The Kier molecular flexibility index (Phi) is 10.3. The summed E-state index contributed by atoms with van der Waals surface area (Å²) in [4.78, 5) is 30.6. The minimum Gasteiger partial charge on any atom is -0.491 e. The minimum atomic E-state index is -0.301. The second-order valence-corrected chi connectivity index (χ2v) is 9.29. The smallest absolute Gasteiger partial charge is 0.251 e. The highest BCUT2D eigenvalue weighted by molar-refractivity contribution is 7.22. The lowest BCUT2D eigenvalue weighted by Gasteiger charge is -2.11. The van der Waals surface area contributed by atoms with Gasteiger partial charge in [0, 0.05) is 55.9 Å². The molecule has 0 bridgehead atoms. The molecule has 0 saturated carbocycles. The highest BCUT2D eigenvalue weighted by Crippen LogP contribution is 2.36. The average Bonchev–Trinajstić information content (AvgIpc) is 3.56. The number of halogens is 2. The fraction of sp³-hybridized carbons (Fsp3) is 0.231. The number of rotatable bonds is 6. The first-order chi connectivity index (χ1) is 18.4. The summed E-state index contributed by atoms with van der Waals surface area (Å²) in [6.07, 6.45) is 1.96. The van der Waals surface area contributed by atoms with Gasteiger partial charge in [0.15, 0.2) is 5.13 Å². The first kappa shape index (κ1) is 28.8. The number of ether oxygens (including phenoxy) is 1. The Morgan fingerprint density at radius 3 is 2.63 bits per heavy atom. The van der Waals surface area contributed by atoms with Gasteiger partial charge in [-0.1, -0.05) is 22.9 Å². The molecule has 3 heterocycles. The Hall–Kier alpha value is -3.80. The van der Waals surface area contributed by atoms with Gasteiger partial charge < -0.3 is 26.2 Å². The predicted octanol–water partition coefficient (Wildman–Crippen LogP) is 3.61. The summed E-state index contributed by atoms with van der Waals surface area (Å²) in [7, 11) is 2.56. The maximum Gasteiger partial charge on any atom is 0.251 e. The van der Waals surface area contributed by atoms with E-state index in [9.17, 15) is 9.18 Å². The first-order valence-corrected chi connectivity index (χ1v) is 12.7. The largest absolute Gasteiger partial charge is 0.491 e. The normalized spacial score (nSPS) is 11.3. The molecule has 0 unspecified atom stereocenters. The molecule has 4 aromatic rings. The fourth-order valence-corrected chi connectivity index (χ4v) is 4.85. The van der Waals surface area contributed by atoms with E-state index >= 15 is 0 Å². The fourth-order valence-electron chi connectivity index (χ4n) is 3.73. The van der Waals surface area contributed by atoms with Crippen molar-refractivity contribution in [2.45, 2.75) is 12.8 Å². The Balaban J connectivity index is 0.000000612. The number of hydrogen-bond acceptors (Lipinski definition) is 8. The zero-order chi connectivity index (χ0) is 27.7. The van der Waals surface area contributed by atoms with Crippen LogP contribution < -0.4 is 21.1 Å². The van der Waals surface area contributed by atoms with Crippen LogP contribution in [0.4, 0.5) is 9.52 Å². The number of thiazole rings is 1. The Morgan fingerprint density at radius 2 is 1.95 bits per heavy atom. The third-order valence-electron chi connectivity index (χ3n) is 5.35. The van der Waals surface area contributed by atoms with Crippen LogP contribution in [0.15, 0.2) is 42.5 Å². The summed E-state index contributed by atoms with van der Waals surface area (Å²) in [6, 6.07) is 11.5. The van der Waals surface area contributed by atoms with Crippen molar-refractivity contribution in [1.29, 1.82) is 0 Å². The molecule has 0 spiro atoms. The molecule has 0 saturated heterocycles. The van der Waals surface area contributed by atoms with E-state index in [-0.39, 0.29) is 11.7 Å². The van der Waals surface area contributed by atoms with Gasteiger partial charge in [-0.2, -0.15) is 0 Å². The lowest BCUT2D eigenvalue weighted by molar-refractivity contribution is -0.109. The molecule has 0 fully saturated rings. The number of anilines is 1. The van der Waals surface area contributed by atoms with Crippen LogP contribution in [0.3, 0.4) is 0 Å². The van der Waals surface area contributed by atoms with Crippen molar-refractivity contribution in [3.8, 4) is 17.0 Å². The van der Waals surface area contributed by atoms with Gasteiger partial charge in [-0.15, -0.1) is 0 Å². The van der Waals surface area contributed by atoms with Gasteiger partial charge in [-0.05, 0) is 42.5 Å². The predicted molar refractivity (Wildman–Crippen MR) is 147 cm³/mol. The maximum absolute atomic E-state index is 13.3. The second-order valence-electron chi connectivity index (χ2n) is 7.83. The number of nitrogens with zero attached hydrogens (tertiary/aromatic N) is 2. The number of pyridine rings is 1. The molecule has 2 amide bonds. The molecule has 200 valence electrons. The molecule has 38 heavy (non-hydrogen) atoms. The van der Waals surface area contributed by atoms with E-state index in [2.05, 4.69) is 15.6 Å². The van der Waals surface area contributed by atoms with Crippen LogP contribution in [0.25, 0.3) is 21.5 Å². The highest BCUT2D eigenvalue weighted by atomic mass is 35.5. The van der Waals surface area contributed by atoms with Crippen LogP contribution >= 0.6 is 22.9 Å². The lowest BCUT2D eigenvalue weighted by atomic mass is 10.0. The van der Waals surface area contributed by atoms with Gasteiger partial charge in [0.2, 0.25) is 6.41 Å². The number of aliphatic hydroxyl groups excluding tert-OH is 1. The molecule has 1 aliphatic rings. The number of amides is 2. The number of hydrogen-bond donors (Lipinski definition) is 4. The summed E-state index contributed by atoms with van der Waals surface area (Å²) in [6.45, 7) is 0.992. The molecule has 5 N–H and O–H groups in total. The van der Waals surface area contributed by atoms with Crippen molar-refractivity contribution >= 4 is 50.6 Å². The maximum atomic E-state index is 13.3. The van der Waals surface area contributed by atoms with E-state index < -0.39 is 0 Å². The summed E-state index contributed by atoms with van der Waals surface area (Å²) in [5.41, 5.74) is 10.2. The molecule has 0 aliphatic carbocycles. The zero-order valence-corrected chi connectivity index (χ0v) is 22.3. The summed E-state index contributed by atoms with van der Waals surface area (Å²) in [5, 5.41) is 13.0. The van der Waals surface area contributed by atoms with Crippen molar-refractivity contribution in [2.24, 2.45) is 0 Å². The van der Waals surface area contributed by atoms with Crippen LogP contribution in [0, 0.1) is 5.82 Å². The van der Waals surface area contributed by atoms with Crippen LogP contribution in [0.1, 0.15) is 21.6 Å². The average molecular weight is 560 g/mol. The third-order valence-corrected chi connectivity index (χ3v) is 6.47. The Labute approximate surface area is 227 Å². The summed E-state index contributed by atoms with van der Waals surface area (Å²) < 4.78 is 19.9. The molecule has 0 atom stereocenters. The van der Waals surface area contributed by atoms with E-state index in [0.29, 0.717) is 52.9 Å². The van der Waals surface area contributed by atoms with Crippen molar-refractivity contribution in [1.82, 2.24) is 20.6 Å². The molecule has 9 nitrogen and oxygen atoms in total. The van der Waals surface area contributed by atoms with Crippen LogP contribution in [-0.4, -0.2) is 54.7 Å². The van der Waals surface area contributed by atoms with E-state index in [1.807, 2.05) is 6.07 Å². The van der Waals surface area contributed by atoms with Crippen molar-refractivity contribution in [3.05, 3.63) is 70.1 Å². The summed E-state index contributed by atoms with van der Waals surface area (Å²) in [5.74, 6) is 0.213. The third kappa shape index (κ3) is 6.94. The SMILES string of the molecule is CNC=O.CO.Nc1nc2c(Cl)cc(C(=O)NCCc3cc4c(c(-c5ccc(F)cc5)n3)OCC4)cc2s1. The zero-order valence-electron chi connectivity index (χ0n) is 20.8. The number of nitrogens with two attached hydrogens (primary N) is 1. The van der Waals surface area contributed by atoms with Crippen molar-refractivity contribution in [2.75, 3.05) is 33.0 Å². The quantitative estimate of drug-likeness (QED) is 0.265. The molecule has 12 heteroatoms. The van der Waals surface area contributed by atoms with Gasteiger partial charge in [0.25, 0.3) is 5.91 Å². The molecule has 2 aromatic carbocycles. The summed E-state index contributed by atoms with van der Waals surface area (Å²) >= 11 is 7.54. The highest BCUT2D eigenvalue weighted by Gasteiger charge is 2.21. The molecule has 1 aliphatic heterocycles. The van der Waals surface area contributed by atoms with Gasteiger partial charge >= 0.3 is 0 Å². The number of fused-ring (bicyclic) bond motifs is 2. The molecule has 5 rings (SSSR count). The van der Waals surface area contributed by atoms with Gasteiger partial charge in [-0.3, -0.25) is 9.59 Å².